The third-order valence-electron chi connectivity index (χ3n) is 1.91. The van der Waals surface area contributed by atoms with Gasteiger partial charge in [0.1, 0.15) is 7.14 Å². The van der Waals surface area contributed by atoms with E-state index in [4.69, 9.17) is 5.73 Å². The lowest BCUT2D eigenvalue weighted by Crippen LogP contribution is -2.22. The topological polar surface area (TPSA) is 43.1 Å². The number of anilines is 1. The first-order chi connectivity index (χ1) is 6.64. The van der Waals surface area contributed by atoms with Crippen LogP contribution in [0.15, 0.2) is 18.2 Å². The van der Waals surface area contributed by atoms with Crippen LogP contribution in [0.5, 0.6) is 0 Å². The van der Waals surface area contributed by atoms with E-state index in [2.05, 4.69) is 0 Å². The number of halogens is 3. The number of nitrogens with two attached hydrogens (primary N) is 1. The zero-order valence-corrected chi connectivity index (χ0v) is 9.19. The summed E-state index contributed by atoms with van der Waals surface area (Å²) in [4.78, 5) is 0. The van der Waals surface area contributed by atoms with Gasteiger partial charge in [-0.15, -0.1) is 0 Å². The smallest absolute Gasteiger partial charge is 0.398 e. The van der Waals surface area contributed by atoms with Crippen molar-refractivity contribution in [1.82, 2.24) is 0 Å². The van der Waals surface area contributed by atoms with Crippen LogP contribution in [0, 0.1) is 0 Å². The van der Waals surface area contributed by atoms with Crippen LogP contribution in [0.3, 0.4) is 0 Å². The van der Waals surface area contributed by atoms with Crippen molar-refractivity contribution in [3.8, 4) is 0 Å². The first-order valence-corrected chi connectivity index (χ1v) is 6.75. The molecule has 0 spiro atoms. The Kier molecular flexibility index (Phi) is 2.88. The van der Waals surface area contributed by atoms with E-state index in [1.807, 2.05) is 0 Å². The van der Waals surface area contributed by atoms with Gasteiger partial charge in [0.25, 0.3) is 0 Å². The van der Waals surface area contributed by atoms with E-state index in [0.29, 0.717) is 0 Å². The third kappa shape index (κ3) is 2.53. The van der Waals surface area contributed by atoms with Crippen LogP contribution >= 0.6 is 7.14 Å². The minimum absolute atomic E-state index is 0.0711. The molecule has 0 saturated carbocycles. The van der Waals surface area contributed by atoms with Crippen LogP contribution in [0.2, 0.25) is 0 Å². The fraction of sp³-hybridized carbons (Fsp3) is 0.333. The summed E-state index contributed by atoms with van der Waals surface area (Å²) in [5.41, 5.74) is 4.45. The zero-order chi connectivity index (χ0) is 11.9. The van der Waals surface area contributed by atoms with Crippen molar-refractivity contribution in [2.75, 3.05) is 19.1 Å². The molecule has 0 aliphatic rings. The highest BCUT2D eigenvalue weighted by atomic mass is 31.2. The van der Waals surface area contributed by atoms with E-state index in [1.54, 1.807) is 0 Å². The molecule has 0 saturated heterocycles. The summed E-state index contributed by atoms with van der Waals surface area (Å²) >= 11 is 0. The van der Waals surface area contributed by atoms with Crippen molar-refractivity contribution in [1.29, 1.82) is 0 Å². The van der Waals surface area contributed by atoms with Gasteiger partial charge in [-0.05, 0) is 25.5 Å². The lowest BCUT2D eigenvalue weighted by atomic mass is 10.2. The van der Waals surface area contributed by atoms with Gasteiger partial charge in [0, 0.05) is 11.0 Å². The quantitative estimate of drug-likeness (QED) is 0.602. The van der Waals surface area contributed by atoms with Crippen molar-refractivity contribution in [2.45, 2.75) is 6.18 Å². The van der Waals surface area contributed by atoms with Gasteiger partial charge in [0.15, 0.2) is 0 Å². The molecule has 0 radical (unpaired) electrons. The highest BCUT2D eigenvalue weighted by Gasteiger charge is 2.37. The normalized spacial score (nSPS) is 12.9. The van der Waals surface area contributed by atoms with Gasteiger partial charge in [-0.25, -0.2) is 0 Å². The van der Waals surface area contributed by atoms with Crippen LogP contribution < -0.4 is 11.0 Å². The van der Waals surface area contributed by atoms with Gasteiger partial charge < -0.3 is 10.3 Å². The molecule has 1 rings (SSSR count). The molecule has 6 heteroatoms. The Balaban J connectivity index is 3.55. The van der Waals surface area contributed by atoms with Crippen molar-refractivity contribution >= 4 is 18.1 Å². The summed E-state index contributed by atoms with van der Waals surface area (Å²) in [5, 5.41) is -0.280. The molecule has 2 nitrogen and oxygen atoms in total. The Labute approximate surface area is 85.7 Å². The van der Waals surface area contributed by atoms with E-state index in [-0.39, 0.29) is 11.0 Å². The van der Waals surface area contributed by atoms with Crippen molar-refractivity contribution < 1.29 is 17.7 Å². The number of hydrogen-bond donors (Lipinski definition) is 1. The average Bonchev–Trinajstić information content (AvgIpc) is 1.99. The maximum absolute atomic E-state index is 12.6. The number of hydrogen-bond acceptors (Lipinski definition) is 2. The Morgan fingerprint density at radius 2 is 1.80 bits per heavy atom. The predicted molar refractivity (Wildman–Crippen MR) is 54.9 cm³/mol. The summed E-state index contributed by atoms with van der Waals surface area (Å²) in [5.74, 6) is 0. The average molecular weight is 237 g/mol. The number of alkyl halides is 3. The predicted octanol–water partition coefficient (Wildman–Crippen LogP) is 2.54. The van der Waals surface area contributed by atoms with Crippen LogP contribution in [0.25, 0.3) is 0 Å². The van der Waals surface area contributed by atoms with E-state index >= 15 is 0 Å². The highest BCUT2D eigenvalue weighted by molar-refractivity contribution is 7.70. The SMILES string of the molecule is CP(C)(=O)c1c(N)cccc1C(F)(F)F. The first kappa shape index (κ1) is 12.1. The third-order valence-corrected chi connectivity index (χ3v) is 3.49. The maximum atomic E-state index is 12.6. The summed E-state index contributed by atoms with van der Waals surface area (Å²) in [6, 6.07) is 3.42. The lowest BCUT2D eigenvalue weighted by Gasteiger charge is -2.17. The maximum Gasteiger partial charge on any atom is 0.417 e. The zero-order valence-electron chi connectivity index (χ0n) is 8.30. The Morgan fingerprint density at radius 1 is 1.27 bits per heavy atom. The minimum Gasteiger partial charge on any atom is -0.398 e. The molecule has 15 heavy (non-hydrogen) atoms. The second-order valence-electron chi connectivity index (χ2n) is 3.59. The molecule has 0 aromatic heterocycles. The van der Waals surface area contributed by atoms with Gasteiger partial charge in [-0.1, -0.05) is 6.07 Å². The summed E-state index contributed by atoms with van der Waals surface area (Å²) in [6.07, 6.45) is -4.52. The monoisotopic (exact) mass is 237 g/mol. The molecule has 0 atom stereocenters. The molecular formula is C9H11F3NOP. The molecule has 0 aliphatic heterocycles. The molecule has 0 amide bonds. The summed E-state index contributed by atoms with van der Waals surface area (Å²) in [6.45, 7) is 2.54. The molecule has 1 aromatic carbocycles. The Hall–Kier alpha value is -0.960. The largest absolute Gasteiger partial charge is 0.417 e. The number of nitrogen functional groups attached to an aromatic ring is 1. The van der Waals surface area contributed by atoms with Crippen molar-refractivity contribution in [3.63, 3.8) is 0 Å². The van der Waals surface area contributed by atoms with Gasteiger partial charge in [0.2, 0.25) is 0 Å². The first-order valence-electron chi connectivity index (χ1n) is 4.15. The van der Waals surface area contributed by atoms with E-state index < -0.39 is 18.9 Å². The van der Waals surface area contributed by atoms with Gasteiger partial charge in [-0.2, -0.15) is 13.2 Å². The second-order valence-corrected chi connectivity index (χ2v) is 6.74. The Morgan fingerprint density at radius 3 is 2.13 bits per heavy atom. The second kappa shape index (κ2) is 3.56. The summed E-state index contributed by atoms with van der Waals surface area (Å²) in [7, 11) is -3.03. The highest BCUT2D eigenvalue weighted by Crippen LogP contribution is 2.42. The number of rotatable bonds is 1. The molecular weight excluding hydrogens is 226 g/mol. The standard InChI is InChI=1S/C9H11F3NOP/c1-15(2,14)8-6(9(10,11)12)4-3-5-7(8)13/h3-5H,13H2,1-2H3. The van der Waals surface area contributed by atoms with Crippen LogP contribution in [-0.4, -0.2) is 13.3 Å². The molecule has 0 heterocycles. The van der Waals surface area contributed by atoms with Crippen LogP contribution in [-0.2, 0) is 10.7 Å². The Bertz CT molecular complexity index is 422. The lowest BCUT2D eigenvalue weighted by molar-refractivity contribution is -0.136. The van der Waals surface area contributed by atoms with Gasteiger partial charge in [-0.3, -0.25) is 0 Å². The molecule has 0 fully saturated rings. The van der Waals surface area contributed by atoms with E-state index in [9.17, 15) is 17.7 Å². The molecule has 1 aromatic rings. The van der Waals surface area contributed by atoms with Crippen molar-refractivity contribution in [3.05, 3.63) is 23.8 Å². The van der Waals surface area contributed by atoms with Crippen LogP contribution in [0.1, 0.15) is 5.56 Å². The minimum atomic E-state index is -4.52. The summed E-state index contributed by atoms with van der Waals surface area (Å²) < 4.78 is 49.5. The van der Waals surface area contributed by atoms with Crippen LogP contribution in [0.4, 0.5) is 18.9 Å². The fourth-order valence-corrected chi connectivity index (χ4v) is 2.87. The molecule has 0 unspecified atom stereocenters. The van der Waals surface area contributed by atoms with Crippen molar-refractivity contribution in [2.24, 2.45) is 0 Å². The van der Waals surface area contributed by atoms with E-state index in [1.165, 1.54) is 25.5 Å². The van der Waals surface area contributed by atoms with Gasteiger partial charge in [0.05, 0.1) is 5.56 Å². The van der Waals surface area contributed by atoms with Gasteiger partial charge >= 0.3 is 6.18 Å². The number of benzene rings is 1. The molecule has 2 N–H and O–H groups in total. The fourth-order valence-electron chi connectivity index (χ4n) is 1.39. The molecule has 84 valence electrons. The molecule has 0 bridgehead atoms. The van der Waals surface area contributed by atoms with E-state index in [0.717, 1.165) is 6.07 Å². The molecule has 0 aliphatic carbocycles.